The van der Waals surface area contributed by atoms with E-state index in [0.717, 1.165) is 6.54 Å². The van der Waals surface area contributed by atoms with Crippen molar-refractivity contribution in [3.8, 4) is 0 Å². The lowest BCUT2D eigenvalue weighted by molar-refractivity contribution is 0.289. The van der Waals surface area contributed by atoms with Crippen molar-refractivity contribution in [3.63, 3.8) is 0 Å². The summed E-state index contributed by atoms with van der Waals surface area (Å²) in [5, 5.41) is 0. The van der Waals surface area contributed by atoms with Crippen LogP contribution in [0.25, 0.3) is 0 Å². The van der Waals surface area contributed by atoms with Gasteiger partial charge in [0, 0.05) is 6.54 Å². The van der Waals surface area contributed by atoms with Crippen LogP contribution in [0.1, 0.15) is 65.2 Å². The van der Waals surface area contributed by atoms with Gasteiger partial charge < -0.3 is 0 Å². The van der Waals surface area contributed by atoms with Crippen LogP contribution in [-0.2, 0) is 0 Å². The molecule has 0 aliphatic carbocycles. The summed E-state index contributed by atoms with van der Waals surface area (Å²) in [5.74, 6) is 0. The summed E-state index contributed by atoms with van der Waals surface area (Å²) in [6, 6.07) is 0. The standard InChI is InChI=1S/C15H31N/c1-4-7-9-10-11-12-15-16(13-6-3)14-8-5-2/h6H,3-5,7-15H2,1-2H3. The molecule has 0 aromatic heterocycles. The molecule has 0 saturated heterocycles. The summed E-state index contributed by atoms with van der Waals surface area (Å²) < 4.78 is 0. The smallest absolute Gasteiger partial charge is 0.0160 e. The minimum Gasteiger partial charge on any atom is -0.300 e. The van der Waals surface area contributed by atoms with Gasteiger partial charge in [0.2, 0.25) is 0 Å². The fourth-order valence-electron chi connectivity index (χ4n) is 1.97. The fourth-order valence-corrected chi connectivity index (χ4v) is 1.97. The minimum atomic E-state index is 1.06. The molecule has 0 N–H and O–H groups in total. The number of hydrogen-bond donors (Lipinski definition) is 0. The summed E-state index contributed by atoms with van der Waals surface area (Å²) in [6.07, 6.45) is 13.0. The van der Waals surface area contributed by atoms with Crippen molar-refractivity contribution in [2.45, 2.75) is 65.2 Å². The van der Waals surface area contributed by atoms with E-state index in [1.807, 2.05) is 6.08 Å². The van der Waals surface area contributed by atoms with Gasteiger partial charge in [-0.3, -0.25) is 4.90 Å². The van der Waals surface area contributed by atoms with E-state index in [-0.39, 0.29) is 0 Å². The van der Waals surface area contributed by atoms with Gasteiger partial charge in [0.1, 0.15) is 0 Å². The molecule has 0 aliphatic rings. The first-order chi connectivity index (χ1) is 7.85. The van der Waals surface area contributed by atoms with E-state index in [1.54, 1.807) is 0 Å². The van der Waals surface area contributed by atoms with E-state index in [9.17, 15) is 0 Å². The molecule has 0 unspecified atom stereocenters. The largest absolute Gasteiger partial charge is 0.300 e. The molecule has 0 heterocycles. The van der Waals surface area contributed by atoms with Crippen LogP contribution in [0.15, 0.2) is 12.7 Å². The van der Waals surface area contributed by atoms with E-state index in [1.165, 1.54) is 64.5 Å². The van der Waals surface area contributed by atoms with Crippen LogP contribution in [0.3, 0.4) is 0 Å². The first kappa shape index (κ1) is 15.7. The summed E-state index contributed by atoms with van der Waals surface area (Å²) in [4.78, 5) is 2.54. The van der Waals surface area contributed by atoms with Gasteiger partial charge in [-0.05, 0) is 25.9 Å². The zero-order valence-corrected chi connectivity index (χ0v) is 11.5. The summed E-state index contributed by atoms with van der Waals surface area (Å²) >= 11 is 0. The number of unbranched alkanes of at least 4 members (excludes halogenated alkanes) is 6. The van der Waals surface area contributed by atoms with Crippen LogP contribution in [0, 0.1) is 0 Å². The van der Waals surface area contributed by atoms with Crippen LogP contribution < -0.4 is 0 Å². The monoisotopic (exact) mass is 225 g/mol. The Hall–Kier alpha value is -0.300. The lowest BCUT2D eigenvalue weighted by atomic mass is 10.1. The van der Waals surface area contributed by atoms with Crippen LogP contribution in [0.5, 0.6) is 0 Å². The van der Waals surface area contributed by atoms with Gasteiger partial charge in [-0.15, -0.1) is 6.58 Å². The Bertz CT molecular complexity index is 142. The predicted molar refractivity (Wildman–Crippen MR) is 74.9 cm³/mol. The van der Waals surface area contributed by atoms with Crippen LogP contribution in [0.4, 0.5) is 0 Å². The van der Waals surface area contributed by atoms with Crippen LogP contribution in [0.2, 0.25) is 0 Å². The normalized spacial score (nSPS) is 10.9. The molecular weight excluding hydrogens is 194 g/mol. The van der Waals surface area contributed by atoms with Crippen molar-refractivity contribution in [1.82, 2.24) is 4.90 Å². The first-order valence-electron chi connectivity index (χ1n) is 7.18. The molecule has 0 radical (unpaired) electrons. The van der Waals surface area contributed by atoms with Gasteiger partial charge in [-0.1, -0.05) is 58.4 Å². The zero-order valence-electron chi connectivity index (χ0n) is 11.5. The third kappa shape index (κ3) is 10.2. The molecule has 0 bridgehead atoms. The molecule has 16 heavy (non-hydrogen) atoms. The van der Waals surface area contributed by atoms with Crippen LogP contribution in [-0.4, -0.2) is 24.5 Å². The van der Waals surface area contributed by atoms with Crippen LogP contribution >= 0.6 is 0 Å². The fraction of sp³-hybridized carbons (Fsp3) is 0.867. The Morgan fingerprint density at radius 3 is 2.00 bits per heavy atom. The average molecular weight is 225 g/mol. The number of nitrogens with zero attached hydrogens (tertiary/aromatic N) is 1. The second-order valence-electron chi connectivity index (χ2n) is 4.71. The Morgan fingerprint density at radius 2 is 1.38 bits per heavy atom. The third-order valence-electron chi connectivity index (χ3n) is 3.04. The first-order valence-corrected chi connectivity index (χ1v) is 7.18. The maximum absolute atomic E-state index is 3.84. The molecule has 96 valence electrons. The lowest BCUT2D eigenvalue weighted by Gasteiger charge is -2.20. The second kappa shape index (κ2) is 12.8. The summed E-state index contributed by atoms with van der Waals surface area (Å²) in [7, 11) is 0. The molecule has 0 spiro atoms. The Kier molecular flexibility index (Phi) is 12.5. The highest BCUT2D eigenvalue weighted by Crippen LogP contribution is 2.06. The maximum atomic E-state index is 3.84. The summed E-state index contributed by atoms with van der Waals surface area (Å²) in [5.41, 5.74) is 0. The Labute approximate surface area is 103 Å². The molecule has 0 fully saturated rings. The van der Waals surface area contributed by atoms with Crippen molar-refractivity contribution in [3.05, 3.63) is 12.7 Å². The highest BCUT2D eigenvalue weighted by atomic mass is 15.1. The van der Waals surface area contributed by atoms with Gasteiger partial charge in [-0.25, -0.2) is 0 Å². The topological polar surface area (TPSA) is 3.24 Å². The maximum Gasteiger partial charge on any atom is 0.0160 e. The SMILES string of the molecule is C=CCN(CCCC)CCCCCCCC. The predicted octanol–water partition coefficient (Wildman–Crippen LogP) is 4.64. The second-order valence-corrected chi connectivity index (χ2v) is 4.71. The van der Waals surface area contributed by atoms with Crippen molar-refractivity contribution in [2.24, 2.45) is 0 Å². The van der Waals surface area contributed by atoms with Crippen molar-refractivity contribution in [1.29, 1.82) is 0 Å². The molecule has 1 heteroatoms. The van der Waals surface area contributed by atoms with E-state index in [4.69, 9.17) is 0 Å². The van der Waals surface area contributed by atoms with E-state index >= 15 is 0 Å². The molecular formula is C15H31N. The molecule has 0 aromatic carbocycles. The van der Waals surface area contributed by atoms with Gasteiger partial charge in [0.25, 0.3) is 0 Å². The number of rotatable bonds is 12. The van der Waals surface area contributed by atoms with Crippen molar-refractivity contribution < 1.29 is 0 Å². The van der Waals surface area contributed by atoms with E-state index < -0.39 is 0 Å². The molecule has 0 atom stereocenters. The van der Waals surface area contributed by atoms with Gasteiger partial charge in [-0.2, -0.15) is 0 Å². The zero-order chi connectivity index (χ0) is 12.1. The Morgan fingerprint density at radius 1 is 0.812 bits per heavy atom. The van der Waals surface area contributed by atoms with E-state index in [0.29, 0.717) is 0 Å². The lowest BCUT2D eigenvalue weighted by Crippen LogP contribution is -2.26. The van der Waals surface area contributed by atoms with E-state index in [2.05, 4.69) is 25.3 Å². The molecule has 0 rings (SSSR count). The molecule has 1 nitrogen and oxygen atoms in total. The number of hydrogen-bond acceptors (Lipinski definition) is 1. The Balaban J connectivity index is 3.39. The quantitative estimate of drug-likeness (QED) is 0.345. The molecule has 0 saturated carbocycles. The van der Waals surface area contributed by atoms with Gasteiger partial charge in [0.15, 0.2) is 0 Å². The highest BCUT2D eigenvalue weighted by Gasteiger charge is 2.01. The summed E-state index contributed by atoms with van der Waals surface area (Å²) in [6.45, 7) is 11.9. The molecule has 0 aliphatic heterocycles. The minimum absolute atomic E-state index is 1.06. The average Bonchev–Trinajstić information content (AvgIpc) is 2.30. The third-order valence-corrected chi connectivity index (χ3v) is 3.04. The van der Waals surface area contributed by atoms with Gasteiger partial charge in [0.05, 0.1) is 0 Å². The van der Waals surface area contributed by atoms with Gasteiger partial charge >= 0.3 is 0 Å². The van der Waals surface area contributed by atoms with Crippen molar-refractivity contribution in [2.75, 3.05) is 19.6 Å². The molecule has 0 amide bonds. The highest BCUT2D eigenvalue weighted by molar-refractivity contribution is 4.73. The van der Waals surface area contributed by atoms with Crippen molar-refractivity contribution >= 4 is 0 Å². The molecule has 0 aromatic rings.